The Balaban J connectivity index is 1.13. The van der Waals surface area contributed by atoms with Crippen molar-refractivity contribution in [3.63, 3.8) is 0 Å². The minimum absolute atomic E-state index is 0.0452. The molecule has 9 heteroatoms. The van der Waals surface area contributed by atoms with Gasteiger partial charge in [-0.3, -0.25) is 14.6 Å². The molecule has 194 valence electrons. The summed E-state index contributed by atoms with van der Waals surface area (Å²) in [5.41, 5.74) is 1.37. The van der Waals surface area contributed by atoms with Gasteiger partial charge in [0.25, 0.3) is 0 Å². The number of carbonyl (C=O) groups excluding carboxylic acids is 1. The van der Waals surface area contributed by atoms with Crippen LogP contribution in [0.15, 0.2) is 30.3 Å². The molecule has 3 saturated heterocycles. The van der Waals surface area contributed by atoms with E-state index >= 15 is 0 Å². The van der Waals surface area contributed by atoms with Gasteiger partial charge >= 0.3 is 12.1 Å². The summed E-state index contributed by atoms with van der Waals surface area (Å²) in [5, 5.41) is 8.82. The second-order valence-electron chi connectivity index (χ2n) is 10.0. The third-order valence-electron chi connectivity index (χ3n) is 7.58. The standard InChI is InChI=1S/C26H41N5O4/c1-22-25(30-19-17-27(18-20-30)10-5-9-24(32)33)35-26(34)31(22)12-6-11-28-13-15-29(16-14-28)21-23-7-3-2-4-8-23/h2-4,7-8,22,25H,5-6,9-21H2,1H3,(H,32,33). The molecule has 4 rings (SSSR count). The minimum atomic E-state index is -0.735. The quantitative estimate of drug-likeness (QED) is 0.507. The van der Waals surface area contributed by atoms with E-state index < -0.39 is 5.97 Å². The number of hydrogen-bond donors (Lipinski definition) is 1. The predicted octanol–water partition coefficient (Wildman–Crippen LogP) is 1.84. The highest BCUT2D eigenvalue weighted by Gasteiger charge is 2.42. The van der Waals surface area contributed by atoms with E-state index in [2.05, 4.69) is 56.9 Å². The molecule has 0 spiro atoms. The number of rotatable bonds is 11. The molecule has 0 saturated carbocycles. The lowest BCUT2D eigenvalue weighted by atomic mass is 10.2. The second-order valence-corrected chi connectivity index (χ2v) is 10.0. The molecule has 1 aromatic carbocycles. The van der Waals surface area contributed by atoms with Crippen LogP contribution in [-0.2, 0) is 16.1 Å². The van der Waals surface area contributed by atoms with E-state index in [4.69, 9.17) is 9.84 Å². The molecule has 3 heterocycles. The van der Waals surface area contributed by atoms with E-state index in [-0.39, 0.29) is 24.8 Å². The van der Waals surface area contributed by atoms with Gasteiger partial charge in [-0.25, -0.2) is 4.79 Å². The van der Waals surface area contributed by atoms with Crippen molar-refractivity contribution >= 4 is 12.1 Å². The predicted molar refractivity (Wildman–Crippen MR) is 134 cm³/mol. The normalized spacial score (nSPS) is 25.2. The smallest absolute Gasteiger partial charge is 0.411 e. The summed E-state index contributed by atoms with van der Waals surface area (Å²) < 4.78 is 5.78. The molecule has 3 aliphatic heterocycles. The first-order valence-corrected chi connectivity index (χ1v) is 13.1. The fourth-order valence-electron chi connectivity index (χ4n) is 5.44. The summed E-state index contributed by atoms with van der Waals surface area (Å²) in [7, 11) is 0. The van der Waals surface area contributed by atoms with Crippen LogP contribution in [0.1, 0.15) is 31.7 Å². The molecule has 1 amide bonds. The van der Waals surface area contributed by atoms with Gasteiger partial charge in [-0.1, -0.05) is 30.3 Å². The van der Waals surface area contributed by atoms with Crippen LogP contribution in [0.4, 0.5) is 4.79 Å². The zero-order valence-electron chi connectivity index (χ0n) is 21.1. The zero-order valence-corrected chi connectivity index (χ0v) is 21.1. The van der Waals surface area contributed by atoms with Crippen molar-refractivity contribution in [3.8, 4) is 0 Å². The molecule has 0 aromatic heterocycles. The van der Waals surface area contributed by atoms with Crippen molar-refractivity contribution in [2.75, 3.05) is 72.0 Å². The molecule has 35 heavy (non-hydrogen) atoms. The summed E-state index contributed by atoms with van der Waals surface area (Å²) >= 11 is 0. The van der Waals surface area contributed by atoms with Gasteiger partial charge in [-0.2, -0.15) is 0 Å². The summed E-state index contributed by atoms with van der Waals surface area (Å²) in [6.07, 6.45) is 1.47. The lowest BCUT2D eigenvalue weighted by Crippen LogP contribution is -2.53. The number of aliphatic carboxylic acids is 1. The van der Waals surface area contributed by atoms with E-state index in [1.807, 2.05) is 4.90 Å². The number of piperazine rings is 2. The number of carboxylic acids is 1. The Morgan fingerprint density at radius 1 is 0.886 bits per heavy atom. The first-order chi connectivity index (χ1) is 17.0. The van der Waals surface area contributed by atoms with E-state index in [1.165, 1.54) is 5.56 Å². The number of carbonyl (C=O) groups is 2. The lowest BCUT2D eigenvalue weighted by molar-refractivity contribution is -0.137. The SMILES string of the molecule is CC1C(N2CCN(CCCC(=O)O)CC2)OC(=O)N1CCCN1CCN(Cc2ccccc2)CC1. The van der Waals surface area contributed by atoms with Gasteiger partial charge in [0.15, 0.2) is 6.23 Å². The molecular weight excluding hydrogens is 446 g/mol. The van der Waals surface area contributed by atoms with Crippen LogP contribution >= 0.6 is 0 Å². The van der Waals surface area contributed by atoms with Crippen molar-refractivity contribution in [3.05, 3.63) is 35.9 Å². The van der Waals surface area contributed by atoms with Gasteiger partial charge in [-0.15, -0.1) is 0 Å². The number of amides is 1. The Morgan fingerprint density at radius 3 is 2.14 bits per heavy atom. The molecular formula is C26H41N5O4. The summed E-state index contributed by atoms with van der Waals surface area (Å²) in [5.74, 6) is -0.735. The van der Waals surface area contributed by atoms with Crippen LogP contribution < -0.4 is 0 Å². The Hall–Kier alpha value is -2.20. The van der Waals surface area contributed by atoms with Crippen molar-refractivity contribution < 1.29 is 19.4 Å². The van der Waals surface area contributed by atoms with Crippen LogP contribution in [0.2, 0.25) is 0 Å². The topological polar surface area (TPSA) is 79.8 Å². The molecule has 1 N–H and O–H groups in total. The molecule has 1 aromatic rings. The van der Waals surface area contributed by atoms with E-state index in [9.17, 15) is 9.59 Å². The summed E-state index contributed by atoms with van der Waals surface area (Å²) in [4.78, 5) is 34.8. The van der Waals surface area contributed by atoms with E-state index in [1.54, 1.807) is 0 Å². The maximum atomic E-state index is 12.6. The molecule has 0 aliphatic carbocycles. The maximum Gasteiger partial charge on any atom is 0.411 e. The maximum absolute atomic E-state index is 12.6. The summed E-state index contributed by atoms with van der Waals surface area (Å²) in [6.45, 7) is 13.4. The van der Waals surface area contributed by atoms with Crippen LogP contribution in [0.25, 0.3) is 0 Å². The van der Waals surface area contributed by atoms with Crippen molar-refractivity contribution in [1.82, 2.24) is 24.5 Å². The number of ether oxygens (including phenoxy) is 1. The van der Waals surface area contributed by atoms with E-state index in [0.29, 0.717) is 6.42 Å². The Labute approximate surface area is 209 Å². The highest BCUT2D eigenvalue weighted by Crippen LogP contribution is 2.24. The third kappa shape index (κ3) is 7.39. The Bertz CT molecular complexity index is 809. The average molecular weight is 488 g/mol. The van der Waals surface area contributed by atoms with Gasteiger partial charge in [0.1, 0.15) is 0 Å². The number of carboxylic acid groups (broad SMARTS) is 1. The number of hydrogen-bond acceptors (Lipinski definition) is 7. The number of benzene rings is 1. The first kappa shape index (κ1) is 25.9. The van der Waals surface area contributed by atoms with Crippen molar-refractivity contribution in [2.24, 2.45) is 0 Å². The van der Waals surface area contributed by atoms with Crippen LogP contribution in [0.3, 0.4) is 0 Å². The fourth-order valence-corrected chi connectivity index (χ4v) is 5.44. The highest BCUT2D eigenvalue weighted by molar-refractivity contribution is 5.70. The summed E-state index contributed by atoms with van der Waals surface area (Å²) in [6, 6.07) is 10.7. The number of nitrogens with zero attached hydrogens (tertiary/aromatic N) is 5. The van der Waals surface area contributed by atoms with Crippen LogP contribution in [0.5, 0.6) is 0 Å². The van der Waals surface area contributed by atoms with E-state index in [0.717, 1.165) is 85.0 Å². The largest absolute Gasteiger partial charge is 0.481 e. The zero-order chi connectivity index (χ0) is 24.6. The van der Waals surface area contributed by atoms with Crippen LogP contribution in [0, 0.1) is 0 Å². The fraction of sp³-hybridized carbons (Fsp3) is 0.692. The highest BCUT2D eigenvalue weighted by atomic mass is 16.6. The first-order valence-electron chi connectivity index (χ1n) is 13.1. The van der Waals surface area contributed by atoms with Gasteiger partial charge < -0.3 is 24.5 Å². The molecule has 3 fully saturated rings. The Kier molecular flexibility index (Phi) is 9.37. The molecule has 0 radical (unpaired) electrons. The van der Waals surface area contributed by atoms with Gasteiger partial charge in [0.05, 0.1) is 6.04 Å². The lowest BCUT2D eigenvalue weighted by Gasteiger charge is -2.38. The molecule has 0 bridgehead atoms. The van der Waals surface area contributed by atoms with Crippen molar-refractivity contribution in [1.29, 1.82) is 0 Å². The van der Waals surface area contributed by atoms with Gasteiger partial charge in [0, 0.05) is 71.9 Å². The van der Waals surface area contributed by atoms with Crippen LogP contribution in [-0.4, -0.2) is 126 Å². The third-order valence-corrected chi connectivity index (χ3v) is 7.58. The Morgan fingerprint density at radius 2 is 1.49 bits per heavy atom. The molecule has 3 aliphatic rings. The average Bonchev–Trinajstić information content (AvgIpc) is 3.14. The minimum Gasteiger partial charge on any atom is -0.481 e. The van der Waals surface area contributed by atoms with Crippen molar-refractivity contribution in [2.45, 2.75) is 45.0 Å². The molecule has 9 nitrogen and oxygen atoms in total. The van der Waals surface area contributed by atoms with Gasteiger partial charge in [0.2, 0.25) is 0 Å². The monoisotopic (exact) mass is 487 g/mol. The second kappa shape index (κ2) is 12.7. The number of cyclic esters (lactones) is 1. The molecule has 2 atom stereocenters. The molecule has 2 unspecified atom stereocenters. The van der Waals surface area contributed by atoms with Gasteiger partial charge in [-0.05, 0) is 38.4 Å².